The van der Waals surface area contributed by atoms with Crippen LogP contribution in [0.2, 0.25) is 0 Å². The average Bonchev–Trinajstić information content (AvgIpc) is 1.59. The van der Waals surface area contributed by atoms with Gasteiger partial charge in [-0.3, -0.25) is 72.3 Å². The first kappa shape index (κ1) is 80.0. The van der Waals surface area contributed by atoms with E-state index in [9.17, 15) is 78.9 Å². The van der Waals surface area contributed by atoms with Gasteiger partial charge in [-0.2, -0.15) is 0 Å². The zero-order valence-electron chi connectivity index (χ0n) is 55.4. The van der Waals surface area contributed by atoms with E-state index in [0.29, 0.717) is 34.0 Å². The van der Waals surface area contributed by atoms with Crippen LogP contribution in [0, 0.1) is 0 Å². The van der Waals surface area contributed by atoms with E-state index in [1.54, 1.807) is 80.4 Å². The molecule has 0 radical (unpaired) electrons. The van der Waals surface area contributed by atoms with Gasteiger partial charge in [0, 0.05) is 100 Å². The Bertz CT molecular complexity index is 3410. The molecule has 2 aliphatic rings. The number of benzene rings is 3. The van der Waals surface area contributed by atoms with Crippen molar-refractivity contribution in [3.8, 4) is 5.75 Å². The lowest BCUT2D eigenvalue weighted by atomic mass is 10.0. The van der Waals surface area contributed by atoms with E-state index in [4.69, 9.17) is 5.73 Å². The van der Waals surface area contributed by atoms with E-state index < -0.39 is 163 Å². The summed E-state index contributed by atoms with van der Waals surface area (Å²) in [5.74, 6) is -14.0. The highest BCUT2D eigenvalue weighted by atomic mass is 33.1. The van der Waals surface area contributed by atoms with Crippen LogP contribution in [-0.4, -0.2) is 289 Å². The number of para-hydroxylation sites is 1. The number of aromatic amines is 1. The molecule has 35 heteroatoms. The second kappa shape index (κ2) is 40.3. The number of hydrogen-bond donors (Lipinski definition) is 17. The van der Waals surface area contributed by atoms with Gasteiger partial charge in [0.05, 0.1) is 38.4 Å². The van der Waals surface area contributed by atoms with Gasteiger partial charge in [0.1, 0.15) is 48.0 Å². The zero-order valence-corrected chi connectivity index (χ0v) is 57.1. The normalized spacial score (nSPS) is 21.9. The van der Waals surface area contributed by atoms with Crippen molar-refractivity contribution in [3.63, 3.8) is 0 Å². The Morgan fingerprint density at radius 1 is 0.580 bits per heavy atom. The molecular formula is C65H90N14O19S2. The number of aliphatic carboxylic acids is 4. The van der Waals surface area contributed by atoms with E-state index >= 15 is 14.4 Å². The number of aliphatic hydroxyl groups excluding tert-OH is 2. The Labute approximate surface area is 584 Å². The number of carboxylic acids is 4. The quantitative estimate of drug-likeness (QED) is 0.0215. The number of carboxylic acid groups (broad SMARTS) is 4. The van der Waals surface area contributed by atoms with E-state index in [1.165, 1.54) is 24.3 Å². The Kier molecular flexibility index (Phi) is 32.3. The molecule has 1 aromatic heterocycles. The topological polar surface area (TPSA) is 497 Å². The molecule has 2 fully saturated rings. The number of fused-ring (bicyclic) bond motifs is 1. The predicted octanol–water partition coefficient (Wildman–Crippen LogP) is -3.37. The van der Waals surface area contributed by atoms with Gasteiger partial charge in [-0.05, 0) is 74.5 Å². The van der Waals surface area contributed by atoms with Gasteiger partial charge >= 0.3 is 23.9 Å². The summed E-state index contributed by atoms with van der Waals surface area (Å²) in [5, 5.41) is 92.4. The number of aromatic nitrogens is 1. The maximum atomic E-state index is 15.3. The smallest absolute Gasteiger partial charge is 0.328 e. The molecule has 100 heavy (non-hydrogen) atoms. The van der Waals surface area contributed by atoms with Gasteiger partial charge in [-0.25, -0.2) is 4.79 Å². The standard InChI is InChI=1S/C65H90N14O19S2/c1-38(80)56-64(96)73-51(63(95)75-57(39(2)81)65(97)98)37-100-99-36-50(72-59(91)47(28-40-10-4-3-5-11-40)68-52(83)32-76-20-22-77(33-53(84)85)24-26-79(35-55(88)89)27-25-78(23-21-76)34-54(86)87)62(94)70-48(29-41-15-17-43(82)18-16-41)60(92)71-49(30-42-31-67-45-13-7-6-12-44(42)45)61(93)69-46(58(90)74-56)14-8-9-19-66/h3-7,10-13,15-18,31,38-39,46-51,56-57,67,80-82H,8-9,14,19-30,32-37,66H2,1-2H3,(H,68,83)(H,69,93)(H,70,94)(H,71,92)(H,72,91)(H,73,96)(H,74,90)(H,75,95)(H,84,85)(H,86,87)(H,88,89)(H,97,98)/t38-,39-,46+,47-,48+,49-,50+,51?,56+,57+/m1/s1. The third kappa shape index (κ3) is 26.6. The lowest BCUT2D eigenvalue weighted by Gasteiger charge is -2.33. The Balaban J connectivity index is 1.41. The Hall–Kier alpha value is -8.94. The maximum absolute atomic E-state index is 15.3. The van der Waals surface area contributed by atoms with E-state index in [-0.39, 0.29) is 103 Å². The SMILES string of the molecule is C[C@@H](O)[C@H](NC(=O)C1CSSC[C@H](NC(=O)[C@@H](Cc2ccccc2)NC(=O)CN2CCN(CC(=O)O)CCN(CC(=O)O)CCN(CC(=O)O)CC2)C(=O)N[C@@H](Cc2ccc(O)cc2)C(=O)N[C@H](Cc2c[nH]c3ccccc23)C(=O)N[C@@H](CCCCN)C(=O)N[C@@H]([C@@H](C)O)C(=O)N1)C(=O)O. The van der Waals surface area contributed by atoms with Crippen molar-refractivity contribution >= 4 is 104 Å². The Morgan fingerprint density at radius 3 is 1.65 bits per heavy atom. The molecule has 8 amide bonds. The monoisotopic (exact) mass is 1430 g/mol. The van der Waals surface area contributed by atoms with Gasteiger partial charge in [-0.15, -0.1) is 0 Å². The van der Waals surface area contributed by atoms with Crippen molar-refractivity contribution in [2.24, 2.45) is 5.73 Å². The molecule has 1 unspecified atom stereocenters. The third-order valence-corrected chi connectivity index (χ3v) is 19.0. The van der Waals surface area contributed by atoms with Crippen LogP contribution in [0.5, 0.6) is 5.75 Å². The number of hydrogen-bond acceptors (Lipinski definition) is 22. The van der Waals surface area contributed by atoms with Gasteiger partial charge in [-0.1, -0.05) is 82.3 Å². The fourth-order valence-electron chi connectivity index (χ4n) is 11.1. The molecule has 4 aromatic rings. The minimum atomic E-state index is -1.91. The molecule has 0 spiro atoms. The van der Waals surface area contributed by atoms with Crippen molar-refractivity contribution in [1.29, 1.82) is 0 Å². The summed E-state index contributed by atoms with van der Waals surface area (Å²) in [6.45, 7) is 1.38. The van der Waals surface area contributed by atoms with Crippen LogP contribution in [0.15, 0.2) is 85.1 Å². The number of nitrogens with one attached hydrogen (secondary N) is 9. The average molecular weight is 1440 g/mol. The van der Waals surface area contributed by atoms with E-state index in [2.05, 4.69) is 47.5 Å². The number of phenolic OH excluding ortho intramolecular Hbond substituents is 1. The van der Waals surface area contributed by atoms with E-state index in [1.807, 2.05) is 0 Å². The highest BCUT2D eigenvalue weighted by Crippen LogP contribution is 2.25. The van der Waals surface area contributed by atoms with E-state index in [0.717, 1.165) is 35.4 Å². The minimum Gasteiger partial charge on any atom is -0.508 e. The molecule has 2 aliphatic heterocycles. The molecule has 0 saturated carbocycles. The lowest BCUT2D eigenvalue weighted by molar-refractivity contribution is -0.145. The fourth-order valence-corrected chi connectivity index (χ4v) is 13.4. The molecule has 3 aromatic carbocycles. The number of rotatable bonds is 26. The van der Waals surface area contributed by atoms with Crippen molar-refractivity contribution < 1.29 is 93.3 Å². The summed E-state index contributed by atoms with van der Waals surface area (Å²) in [7, 11) is 1.66. The number of nitrogens with zero attached hydrogens (tertiary/aromatic N) is 4. The van der Waals surface area contributed by atoms with Crippen LogP contribution in [0.3, 0.4) is 0 Å². The van der Waals surface area contributed by atoms with Crippen molar-refractivity contribution in [1.82, 2.24) is 67.1 Å². The minimum absolute atomic E-state index is 0.0426. The number of nitrogens with two attached hydrogens (primary N) is 1. The summed E-state index contributed by atoms with van der Waals surface area (Å²) in [4.78, 5) is 176. The molecule has 18 N–H and O–H groups in total. The summed E-state index contributed by atoms with van der Waals surface area (Å²) < 4.78 is 0. The molecule has 3 heterocycles. The molecule has 0 bridgehead atoms. The summed E-state index contributed by atoms with van der Waals surface area (Å²) in [6, 6.07) is 7.92. The summed E-state index contributed by atoms with van der Waals surface area (Å²) in [5.41, 5.74) is 7.96. The number of aromatic hydroxyl groups is 1. The van der Waals surface area contributed by atoms with Crippen LogP contribution >= 0.6 is 21.6 Å². The number of phenols is 1. The van der Waals surface area contributed by atoms with Crippen LogP contribution in [-0.2, 0) is 76.8 Å². The molecule has 33 nitrogen and oxygen atoms in total. The molecule has 546 valence electrons. The number of unbranched alkanes of at least 4 members (excludes halogenated alkanes) is 1. The summed E-state index contributed by atoms with van der Waals surface area (Å²) in [6.07, 6.45) is -1.92. The molecular weight excluding hydrogens is 1340 g/mol. The zero-order chi connectivity index (χ0) is 73.0. The number of H-pyrrole nitrogens is 1. The van der Waals surface area contributed by atoms with Crippen molar-refractivity contribution in [2.75, 3.05) is 96.6 Å². The predicted molar refractivity (Wildman–Crippen MR) is 367 cm³/mol. The highest BCUT2D eigenvalue weighted by Gasteiger charge is 2.38. The number of carbonyl (C=O) groups is 12. The maximum Gasteiger partial charge on any atom is 0.328 e. The lowest BCUT2D eigenvalue weighted by Crippen LogP contribution is -2.62. The van der Waals surface area contributed by atoms with Gasteiger partial charge in [0.25, 0.3) is 0 Å². The number of amides is 8. The molecule has 6 rings (SSSR count). The van der Waals surface area contributed by atoms with Crippen molar-refractivity contribution in [2.45, 2.75) is 113 Å². The molecule has 0 aliphatic carbocycles. The highest BCUT2D eigenvalue weighted by molar-refractivity contribution is 8.76. The van der Waals surface area contributed by atoms with Gasteiger partial charge in [0.15, 0.2) is 6.04 Å². The fraction of sp³-hybridized carbons (Fsp3) is 0.508. The number of aliphatic hydroxyl groups is 2. The first-order valence-corrected chi connectivity index (χ1v) is 35.0. The summed E-state index contributed by atoms with van der Waals surface area (Å²) >= 11 is 0. The Morgan fingerprint density at radius 2 is 1.10 bits per heavy atom. The number of carbonyl (C=O) groups excluding carboxylic acids is 8. The van der Waals surface area contributed by atoms with Crippen LogP contribution < -0.4 is 48.3 Å². The van der Waals surface area contributed by atoms with Gasteiger partial charge < -0.3 is 89.0 Å². The largest absolute Gasteiger partial charge is 0.508 e. The van der Waals surface area contributed by atoms with Crippen LogP contribution in [0.1, 0.15) is 49.8 Å². The van der Waals surface area contributed by atoms with Gasteiger partial charge in [0.2, 0.25) is 47.3 Å². The molecule has 2 saturated heterocycles. The van der Waals surface area contributed by atoms with Crippen molar-refractivity contribution in [3.05, 3.63) is 102 Å². The first-order valence-electron chi connectivity index (χ1n) is 32.5. The van der Waals surface area contributed by atoms with Crippen LogP contribution in [0.25, 0.3) is 10.9 Å². The third-order valence-electron chi connectivity index (χ3n) is 16.6. The second-order valence-electron chi connectivity index (χ2n) is 24.5. The first-order chi connectivity index (χ1) is 47.7. The second-order valence-corrected chi connectivity index (χ2v) is 27.0. The van der Waals surface area contributed by atoms with Crippen LogP contribution in [0.4, 0.5) is 0 Å². The molecule has 10 atom stereocenters.